The van der Waals surface area contributed by atoms with Gasteiger partial charge >= 0.3 is 0 Å². The molecule has 0 aromatic heterocycles. The Labute approximate surface area is 101 Å². The molecule has 2 fully saturated rings. The lowest BCUT2D eigenvalue weighted by Crippen LogP contribution is -2.44. The second kappa shape index (κ2) is 4.33. The van der Waals surface area contributed by atoms with Gasteiger partial charge in [0.1, 0.15) is 0 Å². The minimum absolute atomic E-state index is 0.0875. The first-order chi connectivity index (χ1) is 7.48. The minimum Gasteiger partial charge on any atom is -0.393 e. The van der Waals surface area contributed by atoms with Gasteiger partial charge in [-0.05, 0) is 48.3 Å². The molecule has 0 heterocycles. The van der Waals surface area contributed by atoms with Crippen molar-refractivity contribution >= 4 is 0 Å². The lowest BCUT2D eigenvalue weighted by Gasteiger charge is -2.48. The topological polar surface area (TPSA) is 20.2 Å². The monoisotopic (exact) mass is 224 g/mol. The Morgan fingerprint density at radius 1 is 1.12 bits per heavy atom. The number of aliphatic hydroxyl groups excluding tert-OH is 1. The molecule has 0 amide bonds. The van der Waals surface area contributed by atoms with Crippen LogP contribution in [-0.4, -0.2) is 11.2 Å². The van der Waals surface area contributed by atoms with E-state index in [4.69, 9.17) is 0 Å². The van der Waals surface area contributed by atoms with Gasteiger partial charge in [0.15, 0.2) is 0 Å². The van der Waals surface area contributed by atoms with Crippen molar-refractivity contribution in [2.75, 3.05) is 0 Å². The Morgan fingerprint density at radius 3 is 2.44 bits per heavy atom. The van der Waals surface area contributed by atoms with E-state index in [0.717, 1.165) is 11.8 Å². The summed E-state index contributed by atoms with van der Waals surface area (Å²) in [6.07, 6.45) is 6.71. The first-order valence-corrected chi connectivity index (χ1v) is 7.16. The molecule has 0 aliphatic heterocycles. The summed E-state index contributed by atoms with van der Waals surface area (Å²) in [7, 11) is 0. The predicted octanol–water partition coefficient (Wildman–Crippen LogP) is 3.86. The zero-order valence-electron chi connectivity index (χ0n) is 11.4. The van der Waals surface area contributed by atoms with E-state index in [-0.39, 0.29) is 6.10 Å². The van der Waals surface area contributed by atoms with Gasteiger partial charge in [0.25, 0.3) is 0 Å². The molecule has 16 heavy (non-hydrogen) atoms. The summed E-state index contributed by atoms with van der Waals surface area (Å²) in [4.78, 5) is 0. The van der Waals surface area contributed by atoms with Crippen LogP contribution in [0.3, 0.4) is 0 Å². The quantitative estimate of drug-likeness (QED) is 0.755. The highest BCUT2D eigenvalue weighted by Gasteiger charge is 2.53. The minimum atomic E-state index is -0.0875. The van der Waals surface area contributed by atoms with E-state index in [1.165, 1.54) is 32.1 Å². The van der Waals surface area contributed by atoms with Crippen LogP contribution in [-0.2, 0) is 0 Å². The number of hydrogen-bond acceptors (Lipinski definition) is 1. The second-order valence-electron chi connectivity index (χ2n) is 6.81. The molecule has 1 nitrogen and oxygen atoms in total. The summed E-state index contributed by atoms with van der Waals surface area (Å²) in [5.74, 6) is 2.64. The van der Waals surface area contributed by atoms with Gasteiger partial charge in [-0.3, -0.25) is 0 Å². The molecule has 2 saturated carbocycles. The molecule has 1 heteroatoms. The van der Waals surface area contributed by atoms with Gasteiger partial charge in [0.2, 0.25) is 0 Å². The predicted molar refractivity (Wildman–Crippen MR) is 68.2 cm³/mol. The molecule has 1 N–H and O–H groups in total. The molecule has 2 rings (SSSR count). The van der Waals surface area contributed by atoms with Crippen LogP contribution in [0.2, 0.25) is 0 Å². The zero-order valence-corrected chi connectivity index (χ0v) is 11.4. The van der Waals surface area contributed by atoms with E-state index in [1.54, 1.807) is 0 Å². The Kier molecular flexibility index (Phi) is 3.36. The van der Waals surface area contributed by atoms with E-state index < -0.39 is 0 Å². The molecule has 5 unspecified atom stereocenters. The smallest absolute Gasteiger partial charge is 0.0596 e. The number of fused-ring (bicyclic) bond motifs is 1. The van der Waals surface area contributed by atoms with Gasteiger partial charge < -0.3 is 5.11 Å². The fourth-order valence-corrected chi connectivity index (χ4v) is 4.51. The van der Waals surface area contributed by atoms with Gasteiger partial charge in [-0.1, -0.05) is 40.5 Å². The third-order valence-corrected chi connectivity index (χ3v) is 5.85. The average molecular weight is 224 g/mol. The average Bonchev–Trinajstić information content (AvgIpc) is 2.57. The fraction of sp³-hybridized carbons (Fsp3) is 1.00. The standard InChI is InChI=1S/C15H28O/c1-10(2)14(16)13-9-8-12-7-5-6-11(3)15(12,13)4/h10-14,16H,5-9H2,1-4H3. The van der Waals surface area contributed by atoms with Crippen LogP contribution in [0, 0.1) is 29.1 Å². The summed E-state index contributed by atoms with van der Waals surface area (Å²) in [6.45, 7) is 9.20. The summed E-state index contributed by atoms with van der Waals surface area (Å²) >= 11 is 0. The molecule has 0 radical (unpaired) electrons. The highest BCUT2D eigenvalue weighted by molar-refractivity contribution is 5.02. The van der Waals surface area contributed by atoms with Crippen LogP contribution in [0.1, 0.15) is 59.8 Å². The maximum atomic E-state index is 10.4. The van der Waals surface area contributed by atoms with Crippen LogP contribution < -0.4 is 0 Å². The molecule has 0 saturated heterocycles. The lowest BCUT2D eigenvalue weighted by molar-refractivity contribution is -0.0456. The number of hydrogen-bond donors (Lipinski definition) is 1. The third-order valence-electron chi connectivity index (χ3n) is 5.85. The van der Waals surface area contributed by atoms with E-state index in [9.17, 15) is 5.11 Å². The Morgan fingerprint density at radius 2 is 1.81 bits per heavy atom. The van der Waals surface area contributed by atoms with Crippen LogP contribution >= 0.6 is 0 Å². The van der Waals surface area contributed by atoms with Crippen molar-refractivity contribution in [1.29, 1.82) is 0 Å². The van der Waals surface area contributed by atoms with Crippen molar-refractivity contribution < 1.29 is 5.11 Å². The molecule has 0 aromatic rings. The van der Waals surface area contributed by atoms with Gasteiger partial charge in [-0.2, -0.15) is 0 Å². The molecule has 2 aliphatic carbocycles. The van der Waals surface area contributed by atoms with E-state index in [0.29, 0.717) is 17.3 Å². The van der Waals surface area contributed by atoms with E-state index in [1.807, 2.05) is 0 Å². The van der Waals surface area contributed by atoms with Gasteiger partial charge in [0.05, 0.1) is 6.10 Å². The summed E-state index contributed by atoms with van der Waals surface area (Å²) in [6, 6.07) is 0. The SMILES string of the molecule is CC(C)C(O)C1CCC2CCCC(C)C21C. The van der Waals surface area contributed by atoms with Crippen LogP contribution in [0.4, 0.5) is 0 Å². The maximum absolute atomic E-state index is 10.4. The molecule has 2 aliphatic rings. The zero-order chi connectivity index (χ0) is 11.9. The molecular weight excluding hydrogens is 196 g/mol. The van der Waals surface area contributed by atoms with Gasteiger partial charge in [-0.15, -0.1) is 0 Å². The molecule has 0 spiro atoms. The molecule has 94 valence electrons. The number of aliphatic hydroxyl groups is 1. The Balaban J connectivity index is 2.21. The van der Waals surface area contributed by atoms with Crippen molar-refractivity contribution in [2.24, 2.45) is 29.1 Å². The van der Waals surface area contributed by atoms with Gasteiger partial charge in [0, 0.05) is 0 Å². The molecular formula is C15H28O. The highest BCUT2D eigenvalue weighted by Crippen LogP contribution is 2.59. The molecule has 0 aromatic carbocycles. The van der Waals surface area contributed by atoms with E-state index >= 15 is 0 Å². The van der Waals surface area contributed by atoms with Crippen molar-refractivity contribution in [1.82, 2.24) is 0 Å². The Bertz CT molecular complexity index is 248. The summed E-state index contributed by atoms with van der Waals surface area (Å²) < 4.78 is 0. The fourth-order valence-electron chi connectivity index (χ4n) is 4.51. The van der Waals surface area contributed by atoms with Crippen molar-refractivity contribution in [3.63, 3.8) is 0 Å². The summed E-state index contributed by atoms with van der Waals surface area (Å²) in [5, 5.41) is 10.4. The largest absolute Gasteiger partial charge is 0.393 e. The normalized spacial score (nSPS) is 45.8. The first kappa shape index (κ1) is 12.4. The van der Waals surface area contributed by atoms with Crippen LogP contribution in [0.15, 0.2) is 0 Å². The first-order valence-electron chi connectivity index (χ1n) is 7.16. The van der Waals surface area contributed by atoms with E-state index in [2.05, 4.69) is 27.7 Å². The Hall–Kier alpha value is -0.0400. The van der Waals surface area contributed by atoms with Crippen LogP contribution in [0.5, 0.6) is 0 Å². The highest BCUT2D eigenvalue weighted by atomic mass is 16.3. The summed E-state index contributed by atoms with van der Waals surface area (Å²) in [5.41, 5.74) is 0.419. The van der Waals surface area contributed by atoms with Gasteiger partial charge in [-0.25, -0.2) is 0 Å². The van der Waals surface area contributed by atoms with Crippen molar-refractivity contribution in [2.45, 2.75) is 65.9 Å². The third kappa shape index (κ3) is 1.72. The second-order valence-corrected chi connectivity index (χ2v) is 6.81. The van der Waals surface area contributed by atoms with Crippen molar-refractivity contribution in [3.8, 4) is 0 Å². The molecule has 0 bridgehead atoms. The maximum Gasteiger partial charge on any atom is 0.0596 e. The molecule has 5 atom stereocenters. The van der Waals surface area contributed by atoms with Crippen LogP contribution in [0.25, 0.3) is 0 Å². The van der Waals surface area contributed by atoms with Crippen molar-refractivity contribution in [3.05, 3.63) is 0 Å². The number of rotatable bonds is 2. The lowest BCUT2D eigenvalue weighted by atomic mass is 9.58.